The first-order valence-corrected chi connectivity index (χ1v) is 19.3. The Bertz CT molecular complexity index is 1800. The summed E-state index contributed by atoms with van der Waals surface area (Å²) < 4.78 is 1.26. The molecule has 2 unspecified atom stereocenters. The quantitative estimate of drug-likeness (QED) is 0.103. The average Bonchev–Trinajstić information content (AvgIpc) is 3.78. The van der Waals surface area contributed by atoms with Crippen LogP contribution in [0.1, 0.15) is 108 Å². The number of aryl methyl sites for hydroxylation is 2. The van der Waals surface area contributed by atoms with E-state index in [2.05, 4.69) is 68.0 Å². The number of carbonyl (C=O) groups is 1. The van der Waals surface area contributed by atoms with Gasteiger partial charge in [0, 0.05) is 30.6 Å². The molecule has 262 valence electrons. The molecule has 0 spiro atoms. The molecule has 0 fully saturated rings. The first-order valence-electron chi connectivity index (χ1n) is 18.5. The number of aromatic nitrogens is 4. The van der Waals surface area contributed by atoms with Gasteiger partial charge in [0.2, 0.25) is 0 Å². The van der Waals surface area contributed by atoms with Crippen LogP contribution >= 0.6 is 11.3 Å². The van der Waals surface area contributed by atoms with Crippen LogP contribution in [0.15, 0.2) is 76.8 Å². The van der Waals surface area contributed by atoms with Gasteiger partial charge in [-0.05, 0) is 43.6 Å². The third-order valence-corrected chi connectivity index (χ3v) is 10.8. The maximum atomic E-state index is 13.4. The minimum Gasteiger partial charge on any atom is -0.347 e. The highest BCUT2D eigenvalue weighted by molar-refractivity contribution is 7.19. The number of fused-ring (bicyclic) bond motifs is 1. The molecule has 0 amide bonds. The van der Waals surface area contributed by atoms with Crippen LogP contribution in [0.3, 0.4) is 0 Å². The van der Waals surface area contributed by atoms with Crippen LogP contribution in [0, 0.1) is 23.2 Å². The fraction of sp³-hybridized carbons (Fsp3) is 0.463. The monoisotopic (exact) mass is 689 g/mol. The van der Waals surface area contributed by atoms with Gasteiger partial charge in [0.05, 0.1) is 0 Å². The van der Waals surface area contributed by atoms with Crippen LogP contribution in [0.2, 0.25) is 0 Å². The van der Waals surface area contributed by atoms with Gasteiger partial charge in [0.15, 0.2) is 16.8 Å². The van der Waals surface area contributed by atoms with Crippen molar-refractivity contribution in [2.45, 2.75) is 98.8 Å². The van der Waals surface area contributed by atoms with E-state index in [0.29, 0.717) is 41.2 Å². The predicted octanol–water partition coefficient (Wildman–Crippen LogP) is 10.0. The van der Waals surface area contributed by atoms with Crippen molar-refractivity contribution in [3.8, 4) is 17.3 Å². The molecule has 5 rings (SSSR count). The Morgan fingerprint density at radius 3 is 2.08 bits per heavy atom. The van der Waals surface area contributed by atoms with E-state index in [4.69, 9.17) is 15.0 Å². The van der Waals surface area contributed by atoms with Gasteiger partial charge in [-0.1, -0.05) is 138 Å². The van der Waals surface area contributed by atoms with E-state index >= 15 is 0 Å². The highest BCUT2D eigenvalue weighted by Gasteiger charge is 2.33. The van der Waals surface area contributed by atoms with Crippen molar-refractivity contribution in [2.24, 2.45) is 16.8 Å². The van der Waals surface area contributed by atoms with Crippen LogP contribution in [0.25, 0.3) is 11.3 Å². The topological polar surface area (TPSA) is 100 Å². The molecule has 4 aromatic rings. The molecule has 9 heteroatoms. The first kappa shape index (κ1) is 36.9. The SMILES string of the molecule is CCCCC(CC)CN(CC(CC)CCCC)c1nc(-c2ccccc2)c(/N=C2/C(C)=C(C#N)C(=O)n3nc(CCc4ccccc4)nc32)s1. The number of rotatable bonds is 18. The maximum Gasteiger partial charge on any atom is 0.291 e. The van der Waals surface area contributed by atoms with Crippen molar-refractivity contribution in [3.63, 3.8) is 0 Å². The van der Waals surface area contributed by atoms with Gasteiger partial charge in [0.1, 0.15) is 28.0 Å². The summed E-state index contributed by atoms with van der Waals surface area (Å²) in [6.07, 6.45) is 10.8. The molecular weight excluding hydrogens is 639 g/mol. The molecule has 0 saturated heterocycles. The molecule has 50 heavy (non-hydrogen) atoms. The molecule has 2 atom stereocenters. The van der Waals surface area contributed by atoms with Gasteiger partial charge >= 0.3 is 0 Å². The predicted molar refractivity (Wildman–Crippen MR) is 205 cm³/mol. The average molecular weight is 690 g/mol. The molecular formula is C41H51N7OS. The van der Waals surface area contributed by atoms with Crippen LogP contribution in [-0.4, -0.2) is 44.5 Å². The van der Waals surface area contributed by atoms with Crippen molar-refractivity contribution >= 4 is 33.1 Å². The van der Waals surface area contributed by atoms with Gasteiger partial charge in [-0.3, -0.25) is 4.79 Å². The Balaban J connectivity index is 1.60. The highest BCUT2D eigenvalue weighted by Crippen LogP contribution is 2.42. The molecule has 0 bridgehead atoms. The second-order valence-corrected chi connectivity index (χ2v) is 14.3. The van der Waals surface area contributed by atoms with Gasteiger partial charge in [0.25, 0.3) is 5.91 Å². The number of thiazole rings is 1. The Morgan fingerprint density at radius 2 is 1.50 bits per heavy atom. The lowest BCUT2D eigenvalue weighted by molar-refractivity contribution is 0.0941. The third-order valence-electron chi connectivity index (χ3n) is 9.76. The smallest absolute Gasteiger partial charge is 0.291 e. The van der Waals surface area contributed by atoms with Crippen LogP contribution in [0.4, 0.5) is 10.1 Å². The zero-order chi connectivity index (χ0) is 35.5. The molecule has 1 aliphatic rings. The standard InChI is InChI=1S/C41H51N7OS/c1-6-10-18-30(8-3)27-47(28-31(9-4)19-11-7-2)41-45-37(33-22-16-13-17-23-33)39(50-41)44-36-29(5)34(26-42)40(49)48-38(36)43-35(46-48)25-24-32-20-14-12-15-21-32/h12-17,20-23,30-31H,6-11,18-19,24-25,27-28H2,1-5H3/b44-36-. The molecule has 0 N–H and O–H groups in total. The zero-order valence-corrected chi connectivity index (χ0v) is 31.2. The summed E-state index contributed by atoms with van der Waals surface area (Å²) in [5, 5.41) is 16.4. The fourth-order valence-electron chi connectivity index (χ4n) is 6.56. The molecule has 8 nitrogen and oxygen atoms in total. The number of hydrogen-bond acceptors (Lipinski definition) is 8. The third kappa shape index (κ3) is 8.83. The summed E-state index contributed by atoms with van der Waals surface area (Å²) in [6.45, 7) is 12.8. The van der Waals surface area contributed by atoms with Crippen molar-refractivity contribution < 1.29 is 4.79 Å². The van der Waals surface area contributed by atoms with E-state index in [9.17, 15) is 10.1 Å². The molecule has 3 heterocycles. The van der Waals surface area contributed by atoms with Gasteiger partial charge in [-0.25, -0.2) is 15.0 Å². The van der Waals surface area contributed by atoms with Crippen molar-refractivity contribution in [3.05, 3.63) is 89.0 Å². The number of benzene rings is 2. The number of nitrogens with zero attached hydrogens (tertiary/aromatic N) is 7. The minimum atomic E-state index is -0.466. The van der Waals surface area contributed by atoms with Crippen molar-refractivity contribution in [2.75, 3.05) is 18.0 Å². The Hall–Kier alpha value is -4.42. The number of carbonyl (C=O) groups excluding carboxylic acids is 1. The highest BCUT2D eigenvalue weighted by atomic mass is 32.1. The number of allylic oxidation sites excluding steroid dienone is 2. The van der Waals surface area contributed by atoms with Crippen LogP contribution < -0.4 is 4.90 Å². The van der Waals surface area contributed by atoms with Crippen molar-refractivity contribution in [1.29, 1.82) is 5.26 Å². The second kappa shape index (κ2) is 18.0. The van der Waals surface area contributed by atoms with E-state index in [0.717, 1.165) is 53.7 Å². The maximum absolute atomic E-state index is 13.4. The lowest BCUT2D eigenvalue weighted by atomic mass is 9.96. The van der Waals surface area contributed by atoms with E-state index < -0.39 is 5.91 Å². The molecule has 2 aromatic carbocycles. The molecule has 0 radical (unpaired) electrons. The number of aliphatic imine (C=N–C) groups is 1. The minimum absolute atomic E-state index is 0.0341. The van der Waals surface area contributed by atoms with Crippen LogP contribution in [-0.2, 0) is 12.8 Å². The lowest BCUT2D eigenvalue weighted by Gasteiger charge is -2.30. The van der Waals surface area contributed by atoms with E-state index in [1.54, 1.807) is 18.3 Å². The van der Waals surface area contributed by atoms with E-state index in [1.807, 2.05) is 36.4 Å². The van der Waals surface area contributed by atoms with Gasteiger partial charge in [-0.15, -0.1) is 5.10 Å². The summed E-state index contributed by atoms with van der Waals surface area (Å²) >= 11 is 1.59. The summed E-state index contributed by atoms with van der Waals surface area (Å²) in [7, 11) is 0. The van der Waals surface area contributed by atoms with Gasteiger partial charge < -0.3 is 4.90 Å². The summed E-state index contributed by atoms with van der Waals surface area (Å²) in [4.78, 5) is 31.4. The first-order chi connectivity index (χ1) is 24.4. The summed E-state index contributed by atoms with van der Waals surface area (Å²) in [5.41, 5.74) is 3.97. The molecule has 0 aliphatic carbocycles. The lowest BCUT2D eigenvalue weighted by Crippen LogP contribution is -2.34. The normalized spacial score (nSPS) is 14.9. The largest absolute Gasteiger partial charge is 0.347 e. The Labute approximate surface area is 302 Å². The second-order valence-electron chi connectivity index (χ2n) is 13.4. The van der Waals surface area contributed by atoms with E-state index in [1.165, 1.54) is 48.8 Å². The summed E-state index contributed by atoms with van der Waals surface area (Å²) in [5.74, 6) is 1.62. The molecule has 2 aromatic heterocycles. The Morgan fingerprint density at radius 1 is 0.880 bits per heavy atom. The molecule has 1 aliphatic heterocycles. The zero-order valence-electron chi connectivity index (χ0n) is 30.4. The number of anilines is 1. The molecule has 0 saturated carbocycles. The number of hydrogen-bond donors (Lipinski definition) is 0. The number of unbranched alkanes of at least 4 members (excludes halogenated alkanes) is 2. The van der Waals surface area contributed by atoms with E-state index in [-0.39, 0.29) is 5.57 Å². The number of nitriles is 1. The van der Waals surface area contributed by atoms with Crippen LogP contribution in [0.5, 0.6) is 0 Å². The van der Waals surface area contributed by atoms with Crippen molar-refractivity contribution in [1.82, 2.24) is 19.7 Å². The fourth-order valence-corrected chi connectivity index (χ4v) is 7.55. The Kier molecular flexibility index (Phi) is 13.3. The van der Waals surface area contributed by atoms with Gasteiger partial charge in [-0.2, -0.15) is 9.94 Å². The summed E-state index contributed by atoms with van der Waals surface area (Å²) in [6, 6.07) is 22.5.